The molecule has 0 aromatic carbocycles. The van der Waals surface area contributed by atoms with Gasteiger partial charge in [-0.2, -0.15) is 0 Å². The summed E-state index contributed by atoms with van der Waals surface area (Å²) in [6.07, 6.45) is 13.1. The number of hydrogen-bond acceptors (Lipinski definition) is 13. The van der Waals surface area contributed by atoms with Crippen LogP contribution in [0.25, 0.3) is 0 Å². The molecule has 16 nitrogen and oxygen atoms in total. The molecule has 4 N–H and O–H groups in total. The van der Waals surface area contributed by atoms with E-state index in [0.29, 0.717) is 49.2 Å². The predicted octanol–water partition coefficient (Wildman–Crippen LogP) is 5.91. The average Bonchev–Trinajstić information content (AvgIpc) is 4.14. The maximum atomic E-state index is 14.1. The van der Waals surface area contributed by atoms with Crippen LogP contribution in [0.15, 0.2) is 47.6 Å². The molecule has 3 fully saturated rings. The van der Waals surface area contributed by atoms with Gasteiger partial charge in [0.15, 0.2) is 5.78 Å². The van der Waals surface area contributed by atoms with E-state index in [1.54, 1.807) is 66.0 Å². The Bertz CT molecular complexity index is 1880. The molecule has 2 saturated carbocycles. The van der Waals surface area contributed by atoms with E-state index in [0.717, 1.165) is 30.8 Å². The van der Waals surface area contributed by atoms with Crippen molar-refractivity contribution in [3.8, 4) is 0 Å². The third-order valence-corrected chi connectivity index (χ3v) is 15.1. The SMILES string of the molecule is COC1C(=O)C(C)CC/C=C/C=C/C=C(\C)C(NS(=O)O)C[C@H]2CC[C@H](C)[C@](O)(O2)C(=O)C(=O)N(C)C(C)C(=O)OC([C@H](C)C[C@@H]2CC[C@@H](OCC3CC3)[C@H](OC)C2)CC(=O)C(C)/C=C(\C)C1O. The Labute approximate surface area is 406 Å². The van der Waals surface area contributed by atoms with Crippen LogP contribution in [0.3, 0.4) is 0 Å². The topological polar surface area (TPSA) is 225 Å². The molecule has 2 bridgehead atoms. The molecule has 4 rings (SSSR count). The van der Waals surface area contributed by atoms with E-state index in [4.69, 9.17) is 23.7 Å². The second kappa shape index (κ2) is 26.8. The molecule has 2 aliphatic carbocycles. The number of rotatable bonds is 10. The van der Waals surface area contributed by atoms with Gasteiger partial charge >= 0.3 is 5.97 Å². The number of likely N-dealkylation sites (N-methyl/N-ethyl adjacent to an activating group) is 1. The van der Waals surface area contributed by atoms with Crippen molar-refractivity contribution in [3.05, 3.63) is 47.6 Å². The molecule has 0 spiro atoms. The zero-order valence-electron chi connectivity index (χ0n) is 41.9. The number of fused-ring (bicyclic) bond motifs is 2. The smallest absolute Gasteiger partial charge is 0.328 e. The van der Waals surface area contributed by atoms with Crippen LogP contribution in [-0.2, 0) is 58.9 Å². The number of amides is 1. The zero-order valence-corrected chi connectivity index (χ0v) is 42.7. The van der Waals surface area contributed by atoms with Gasteiger partial charge in [-0.25, -0.2) is 13.7 Å². The van der Waals surface area contributed by atoms with Gasteiger partial charge in [-0.05, 0) is 115 Å². The molecule has 384 valence electrons. The second-order valence-electron chi connectivity index (χ2n) is 20.0. The lowest BCUT2D eigenvalue weighted by Crippen LogP contribution is -2.59. The number of nitrogens with zero attached hydrogens (tertiary/aromatic N) is 1. The number of carbonyl (C=O) groups is 5. The first-order chi connectivity index (χ1) is 32.1. The van der Waals surface area contributed by atoms with E-state index in [2.05, 4.69) is 4.72 Å². The van der Waals surface area contributed by atoms with Crippen molar-refractivity contribution in [3.63, 3.8) is 0 Å². The van der Waals surface area contributed by atoms with E-state index in [-0.39, 0.29) is 48.5 Å². The zero-order chi connectivity index (χ0) is 50.5. The molecule has 15 atom stereocenters. The Kier molecular flexibility index (Phi) is 22.6. The molecule has 0 aromatic rings. The number of methoxy groups -OCH3 is 2. The Morgan fingerprint density at radius 3 is 2.24 bits per heavy atom. The van der Waals surface area contributed by atoms with Crippen molar-refractivity contribution in [1.82, 2.24) is 9.62 Å². The quantitative estimate of drug-likeness (QED) is 0.0865. The van der Waals surface area contributed by atoms with Crippen LogP contribution in [0.2, 0.25) is 0 Å². The molecular formula is C51H80N2O14S. The fourth-order valence-corrected chi connectivity index (χ4v) is 9.99. The number of cyclic esters (lactones) is 1. The largest absolute Gasteiger partial charge is 0.460 e. The molecule has 0 aromatic heterocycles. The van der Waals surface area contributed by atoms with Crippen LogP contribution in [0.1, 0.15) is 126 Å². The van der Waals surface area contributed by atoms with Crippen molar-refractivity contribution >= 4 is 40.5 Å². The minimum atomic E-state index is -2.56. The number of carbonyl (C=O) groups excluding carboxylic acids is 5. The van der Waals surface area contributed by atoms with Crippen molar-refractivity contribution < 1.29 is 66.6 Å². The minimum Gasteiger partial charge on any atom is -0.460 e. The van der Waals surface area contributed by atoms with Gasteiger partial charge in [0.25, 0.3) is 11.7 Å². The molecule has 0 radical (unpaired) electrons. The summed E-state index contributed by atoms with van der Waals surface area (Å²) < 4.78 is 54.2. The molecule has 17 heteroatoms. The van der Waals surface area contributed by atoms with Gasteiger partial charge in [0, 0.05) is 58.1 Å². The predicted molar refractivity (Wildman–Crippen MR) is 257 cm³/mol. The van der Waals surface area contributed by atoms with E-state index in [9.17, 15) is 42.9 Å². The summed E-state index contributed by atoms with van der Waals surface area (Å²) in [5, 5.41) is 23.2. The van der Waals surface area contributed by atoms with Crippen LogP contribution < -0.4 is 4.72 Å². The lowest BCUT2D eigenvalue weighted by atomic mass is 9.78. The van der Waals surface area contributed by atoms with Crippen molar-refractivity contribution in [1.29, 1.82) is 0 Å². The number of ketones is 3. The number of nitrogens with one attached hydrogen (secondary N) is 1. The van der Waals surface area contributed by atoms with Crippen LogP contribution in [0.5, 0.6) is 0 Å². The monoisotopic (exact) mass is 977 g/mol. The van der Waals surface area contributed by atoms with Gasteiger partial charge in [-0.1, -0.05) is 69.7 Å². The van der Waals surface area contributed by atoms with Crippen molar-refractivity contribution in [2.24, 2.45) is 35.5 Å². The summed E-state index contributed by atoms with van der Waals surface area (Å²) >= 11 is -2.43. The van der Waals surface area contributed by atoms with E-state index >= 15 is 0 Å². The molecule has 2 aliphatic heterocycles. The van der Waals surface area contributed by atoms with Crippen molar-refractivity contribution in [2.75, 3.05) is 27.9 Å². The maximum absolute atomic E-state index is 14.1. The Hall–Kier alpha value is -3.26. The number of hydrogen-bond donors (Lipinski definition) is 4. The third-order valence-electron chi connectivity index (χ3n) is 14.7. The first-order valence-electron chi connectivity index (χ1n) is 24.5. The second-order valence-corrected chi connectivity index (χ2v) is 20.8. The van der Waals surface area contributed by atoms with Crippen LogP contribution in [-0.4, -0.2) is 135 Å². The number of esters is 1. The first-order valence-corrected chi connectivity index (χ1v) is 25.6. The van der Waals surface area contributed by atoms with Gasteiger partial charge in [0.05, 0.1) is 18.3 Å². The van der Waals surface area contributed by atoms with Gasteiger partial charge in [-0.15, -0.1) is 0 Å². The molecule has 1 amide bonds. The number of ether oxygens (including phenoxy) is 5. The normalized spacial score (nSPS) is 38.7. The molecule has 68 heavy (non-hydrogen) atoms. The highest BCUT2D eigenvalue weighted by Gasteiger charge is 2.52. The fraction of sp³-hybridized carbons (Fsp3) is 0.745. The highest BCUT2D eigenvalue weighted by molar-refractivity contribution is 7.77. The number of aliphatic hydroxyl groups excluding tert-OH is 1. The number of Topliss-reactive ketones (excluding diaryl/α,β-unsaturated/α-hetero) is 3. The lowest BCUT2D eigenvalue weighted by molar-refractivity contribution is -0.263. The Morgan fingerprint density at radius 1 is 0.897 bits per heavy atom. The van der Waals surface area contributed by atoms with Gasteiger partial charge in [-0.3, -0.25) is 23.7 Å². The molecule has 4 aliphatic rings. The Morgan fingerprint density at radius 2 is 1.59 bits per heavy atom. The Balaban J connectivity index is 1.64. The van der Waals surface area contributed by atoms with E-state index < -0.39 is 89.0 Å². The maximum Gasteiger partial charge on any atom is 0.328 e. The van der Waals surface area contributed by atoms with Crippen LogP contribution in [0.4, 0.5) is 0 Å². The fourth-order valence-electron chi connectivity index (χ4n) is 9.47. The number of allylic oxidation sites excluding steroid dienone is 6. The molecular weight excluding hydrogens is 897 g/mol. The van der Waals surface area contributed by atoms with Crippen LogP contribution >= 0.6 is 0 Å². The van der Waals surface area contributed by atoms with Gasteiger partial charge in [0.1, 0.15) is 30.1 Å². The highest BCUT2D eigenvalue weighted by atomic mass is 32.2. The van der Waals surface area contributed by atoms with Gasteiger partial charge < -0.3 is 38.8 Å². The van der Waals surface area contributed by atoms with Crippen molar-refractivity contribution in [2.45, 2.75) is 180 Å². The molecule has 1 saturated heterocycles. The summed E-state index contributed by atoms with van der Waals surface area (Å²) in [5.74, 6) is -8.03. The summed E-state index contributed by atoms with van der Waals surface area (Å²) in [4.78, 5) is 70.6. The van der Waals surface area contributed by atoms with E-state index in [1.807, 2.05) is 19.1 Å². The standard InChI is InChI=1S/C51H80N2O14S/c1-30-16-14-12-11-13-15-17-31(2)45(55)47(64-10)46(56)34(5)24-32(3)41(54)28-43(33(4)25-38-21-23-42(44(26-38)63-9)65-29-37-19-20-37)66-50(59)36(7)53(8)49(58)48(57)51(60)35(6)18-22-39(67-51)27-40(30)52-68(61)62/h11-14,16,24,31-33,35-40,42-44,46-47,52,56,60H,15,17-23,25-29H2,1-10H3,(H,61,62)/b13-11+,14-12+,30-16+,34-24+/t31?,32?,33-,35+,36?,38+,39-,40?,42-,43?,44-,46?,47?,51+/m1/s1. The first kappa shape index (κ1) is 57.3. The summed E-state index contributed by atoms with van der Waals surface area (Å²) in [5.41, 5.74) is 1.02. The molecule has 2 heterocycles. The average molecular weight is 977 g/mol. The summed E-state index contributed by atoms with van der Waals surface area (Å²) in [7, 11) is 4.30. The van der Waals surface area contributed by atoms with E-state index in [1.165, 1.54) is 33.9 Å². The lowest BCUT2D eigenvalue weighted by Gasteiger charge is -2.41. The summed E-state index contributed by atoms with van der Waals surface area (Å²) in [6.45, 7) is 12.5. The van der Waals surface area contributed by atoms with Crippen LogP contribution in [0, 0.1) is 35.5 Å². The third kappa shape index (κ3) is 16.1. The van der Waals surface area contributed by atoms with Gasteiger partial charge in [0.2, 0.25) is 17.1 Å². The highest BCUT2D eigenvalue weighted by Crippen LogP contribution is 2.38. The number of aliphatic hydroxyl groups is 2. The summed E-state index contributed by atoms with van der Waals surface area (Å²) in [6, 6.07) is -2.05. The molecule has 8 unspecified atom stereocenters. The minimum absolute atomic E-state index is 0.0138.